The monoisotopic (exact) mass is 1270 g/mol. The van der Waals surface area contributed by atoms with Crippen LogP contribution in [0.4, 0.5) is 0 Å². The van der Waals surface area contributed by atoms with Gasteiger partial charge in [0.25, 0.3) is 0 Å². The van der Waals surface area contributed by atoms with Crippen LogP contribution in [0.25, 0.3) is 177 Å². The van der Waals surface area contributed by atoms with Crippen LogP contribution in [0, 0.1) is 0 Å². The molecule has 0 aliphatic heterocycles. The molecule has 0 spiro atoms. The van der Waals surface area contributed by atoms with Crippen LogP contribution in [0.2, 0.25) is 0 Å². The Bertz CT molecular complexity index is 6260. The molecule has 4 heterocycles. The summed E-state index contributed by atoms with van der Waals surface area (Å²) >= 11 is 0. The number of para-hydroxylation sites is 4. The van der Waals surface area contributed by atoms with Crippen LogP contribution in [0.1, 0.15) is 0 Å². The molecule has 100 heavy (non-hydrogen) atoms. The molecule has 0 bridgehead atoms. The second-order valence-corrected chi connectivity index (χ2v) is 26.0. The SMILES string of the molecule is c1ccc(-c2ccc(-n3c4ccccc4c4cc(-c5ccc6c(c5)c5ccccc5n6-c5ccc(-c6ccccc6)cc5)ccc43)cc2)cc1.c1ccc(-c2ccc(-n3c4ccccc4c4cc(-c5ccc6c(c5)c5ccccc5n6-c5cccc(-c6ccccc6)c5)ccc43)cc2)cc1. The van der Waals surface area contributed by atoms with E-state index in [-0.39, 0.29) is 0 Å². The maximum absolute atomic E-state index is 2.40. The molecule has 0 saturated heterocycles. The summed E-state index contributed by atoms with van der Waals surface area (Å²) in [6.45, 7) is 0. The number of hydrogen-bond donors (Lipinski definition) is 0. The Morgan fingerprint density at radius 2 is 0.310 bits per heavy atom. The van der Waals surface area contributed by atoms with Crippen molar-refractivity contribution in [2.45, 2.75) is 0 Å². The van der Waals surface area contributed by atoms with Crippen LogP contribution in [-0.2, 0) is 0 Å². The van der Waals surface area contributed by atoms with Crippen molar-refractivity contribution in [1.82, 2.24) is 18.3 Å². The molecular weight excluding hydrogens is 1210 g/mol. The van der Waals surface area contributed by atoms with E-state index in [9.17, 15) is 0 Å². The lowest BCUT2D eigenvalue weighted by molar-refractivity contribution is 1.18. The highest BCUT2D eigenvalue weighted by Crippen LogP contribution is 2.42. The van der Waals surface area contributed by atoms with E-state index in [1.807, 2.05) is 0 Å². The lowest BCUT2D eigenvalue weighted by Crippen LogP contribution is -1.94. The van der Waals surface area contributed by atoms with E-state index in [0.29, 0.717) is 0 Å². The first-order valence-corrected chi connectivity index (χ1v) is 34.4. The third-order valence-corrected chi connectivity index (χ3v) is 20.3. The van der Waals surface area contributed by atoms with E-state index in [2.05, 4.69) is 407 Å². The maximum atomic E-state index is 2.40. The van der Waals surface area contributed by atoms with Crippen molar-refractivity contribution in [3.05, 3.63) is 388 Å². The molecule has 0 amide bonds. The van der Waals surface area contributed by atoms with E-state index in [4.69, 9.17) is 0 Å². The molecule has 4 nitrogen and oxygen atoms in total. The molecule has 4 heteroatoms. The van der Waals surface area contributed by atoms with Gasteiger partial charge >= 0.3 is 0 Å². The summed E-state index contributed by atoms with van der Waals surface area (Å²) < 4.78 is 9.58. The van der Waals surface area contributed by atoms with Crippen LogP contribution in [0.3, 0.4) is 0 Å². The van der Waals surface area contributed by atoms with Crippen LogP contribution < -0.4 is 0 Å². The van der Waals surface area contributed by atoms with E-state index in [0.717, 1.165) is 22.7 Å². The summed E-state index contributed by atoms with van der Waals surface area (Å²) in [6, 6.07) is 141. The Kier molecular flexibility index (Phi) is 14.2. The van der Waals surface area contributed by atoms with E-state index in [1.54, 1.807) is 0 Å². The van der Waals surface area contributed by atoms with Gasteiger partial charge in [-0.15, -0.1) is 0 Å². The van der Waals surface area contributed by atoms with Gasteiger partial charge in [-0.2, -0.15) is 0 Å². The smallest absolute Gasteiger partial charge is 0.0541 e. The summed E-state index contributed by atoms with van der Waals surface area (Å²) in [4.78, 5) is 0. The highest BCUT2D eigenvalue weighted by Gasteiger charge is 2.20. The van der Waals surface area contributed by atoms with Crippen molar-refractivity contribution < 1.29 is 0 Å². The molecule has 0 saturated carbocycles. The minimum absolute atomic E-state index is 1.16. The van der Waals surface area contributed by atoms with Gasteiger partial charge in [0.2, 0.25) is 0 Å². The van der Waals surface area contributed by atoms with Crippen LogP contribution >= 0.6 is 0 Å². The second-order valence-electron chi connectivity index (χ2n) is 26.0. The first-order valence-electron chi connectivity index (χ1n) is 34.4. The number of benzene rings is 16. The summed E-state index contributed by atoms with van der Waals surface area (Å²) in [7, 11) is 0. The molecule has 16 aromatic carbocycles. The first kappa shape index (κ1) is 58.1. The van der Waals surface area contributed by atoms with Crippen LogP contribution in [0.5, 0.6) is 0 Å². The topological polar surface area (TPSA) is 19.7 Å². The third-order valence-electron chi connectivity index (χ3n) is 20.3. The minimum atomic E-state index is 1.16. The zero-order chi connectivity index (χ0) is 66.0. The highest BCUT2D eigenvalue weighted by molar-refractivity contribution is 6.15. The van der Waals surface area contributed by atoms with Gasteiger partial charge in [-0.05, 0) is 188 Å². The molecule has 0 unspecified atom stereocenters. The predicted molar refractivity (Wildman–Crippen MR) is 423 cm³/mol. The Labute approximate surface area is 579 Å². The van der Waals surface area contributed by atoms with Gasteiger partial charge in [0.15, 0.2) is 0 Å². The second kappa shape index (κ2) is 24.4. The number of rotatable bonds is 10. The molecule has 468 valence electrons. The lowest BCUT2D eigenvalue weighted by Gasteiger charge is -2.11. The minimum Gasteiger partial charge on any atom is -0.309 e. The Morgan fingerprint density at radius 1 is 0.110 bits per heavy atom. The Hall–Kier alpha value is -13.3. The standard InChI is InChI=1S/2C48H32N2/c1-3-12-33(13-4-1)35-22-26-39(27-23-35)49-45-20-9-7-18-41(45)43-31-37(24-28-47(43)49)38-25-29-48-44(32-38)42-19-8-10-21-46(42)50(48)40-17-11-16-36(30-40)34-14-5-2-6-15-34;1-3-11-33(12-4-1)35-19-25-39(26-20-35)49-45-17-9-7-15-41(45)43-31-37(23-29-47(43)49)38-24-30-48-44(32-38)42-16-8-10-18-46(42)50(48)40-27-21-36(22-28-40)34-13-5-2-6-14-34/h2*1-32H. The molecular formula is C96H64N4. The van der Waals surface area contributed by atoms with Gasteiger partial charge in [0.05, 0.1) is 44.1 Å². The largest absolute Gasteiger partial charge is 0.309 e. The summed E-state index contributed by atoms with van der Waals surface area (Å²) in [6.07, 6.45) is 0. The molecule has 0 atom stereocenters. The summed E-state index contributed by atoms with van der Waals surface area (Å²) in [5.74, 6) is 0. The zero-order valence-electron chi connectivity index (χ0n) is 54.7. The Morgan fingerprint density at radius 3 is 0.600 bits per heavy atom. The number of hydrogen-bond acceptors (Lipinski definition) is 0. The van der Waals surface area contributed by atoms with Crippen molar-refractivity contribution in [3.63, 3.8) is 0 Å². The molecule has 4 aromatic heterocycles. The van der Waals surface area contributed by atoms with Crippen molar-refractivity contribution >= 4 is 87.2 Å². The summed E-state index contributed by atoms with van der Waals surface area (Å²) in [5.41, 5.74) is 29.0. The molecule has 0 N–H and O–H groups in total. The molecule has 0 aliphatic carbocycles. The Balaban J connectivity index is 0.000000139. The van der Waals surface area contributed by atoms with Gasteiger partial charge in [-0.1, -0.05) is 267 Å². The van der Waals surface area contributed by atoms with Crippen molar-refractivity contribution in [3.8, 4) is 89.5 Å². The van der Waals surface area contributed by atoms with Gasteiger partial charge < -0.3 is 18.3 Å². The summed E-state index contributed by atoms with van der Waals surface area (Å²) in [5, 5.41) is 10.0. The van der Waals surface area contributed by atoms with Gasteiger partial charge in [-0.25, -0.2) is 0 Å². The lowest BCUT2D eigenvalue weighted by atomic mass is 10.0. The average Bonchev–Trinajstić information content (AvgIpc) is 1.60. The first-order chi connectivity index (χ1) is 49.6. The van der Waals surface area contributed by atoms with Crippen molar-refractivity contribution in [2.24, 2.45) is 0 Å². The average molecular weight is 1270 g/mol. The fourth-order valence-corrected chi connectivity index (χ4v) is 15.5. The van der Waals surface area contributed by atoms with E-state index >= 15 is 0 Å². The van der Waals surface area contributed by atoms with Gasteiger partial charge in [0, 0.05) is 65.8 Å². The number of nitrogens with zero attached hydrogens (tertiary/aromatic N) is 4. The van der Waals surface area contributed by atoms with Crippen molar-refractivity contribution in [2.75, 3.05) is 0 Å². The normalized spacial score (nSPS) is 11.6. The number of aromatic nitrogens is 4. The maximum Gasteiger partial charge on any atom is 0.0541 e. The molecule has 0 aliphatic rings. The van der Waals surface area contributed by atoms with E-state index < -0.39 is 0 Å². The number of fused-ring (bicyclic) bond motifs is 12. The fourth-order valence-electron chi connectivity index (χ4n) is 15.5. The molecule has 20 rings (SSSR count). The van der Waals surface area contributed by atoms with Crippen LogP contribution in [0.15, 0.2) is 388 Å². The van der Waals surface area contributed by atoms with Crippen LogP contribution in [-0.4, -0.2) is 18.3 Å². The molecule has 0 fully saturated rings. The van der Waals surface area contributed by atoms with Gasteiger partial charge in [-0.3, -0.25) is 0 Å². The molecule has 20 aromatic rings. The fraction of sp³-hybridized carbons (Fsp3) is 0. The van der Waals surface area contributed by atoms with E-state index in [1.165, 1.54) is 154 Å². The predicted octanol–water partition coefficient (Wildman–Crippen LogP) is 25.8. The quantitative estimate of drug-likeness (QED) is 0.130. The zero-order valence-corrected chi connectivity index (χ0v) is 54.7. The third kappa shape index (κ3) is 10.1. The molecule has 0 radical (unpaired) electrons. The van der Waals surface area contributed by atoms with Crippen molar-refractivity contribution in [1.29, 1.82) is 0 Å². The van der Waals surface area contributed by atoms with Gasteiger partial charge in [0.1, 0.15) is 0 Å². The highest BCUT2D eigenvalue weighted by atomic mass is 15.0.